The Labute approximate surface area is 425 Å². The van der Waals surface area contributed by atoms with Crippen molar-refractivity contribution in [1.82, 2.24) is 4.90 Å². The number of piperidine rings is 1. The summed E-state index contributed by atoms with van der Waals surface area (Å²) in [4.78, 5) is 2.42. The van der Waals surface area contributed by atoms with Crippen molar-refractivity contribution in [3.8, 4) is 0 Å². The van der Waals surface area contributed by atoms with Gasteiger partial charge in [0.1, 0.15) is 19.1 Å². The molecule has 8 nitrogen and oxygen atoms in total. The van der Waals surface area contributed by atoms with Crippen LogP contribution in [-0.4, -0.2) is 198 Å². The predicted molar refractivity (Wildman–Crippen MR) is 308 cm³/mol. The molecule has 8 heteroatoms. The van der Waals surface area contributed by atoms with Crippen molar-refractivity contribution in [2.45, 2.75) is 219 Å². The topological polar surface area (TPSA) is 43.7 Å². The van der Waals surface area contributed by atoms with Crippen LogP contribution in [-0.2, 0) is 0 Å². The van der Waals surface area contributed by atoms with E-state index in [0.717, 1.165) is 33.9 Å². The molecule has 5 saturated heterocycles. The molecule has 2 N–H and O–H groups in total. The van der Waals surface area contributed by atoms with Crippen LogP contribution in [0.2, 0.25) is 0 Å². The summed E-state index contributed by atoms with van der Waals surface area (Å²) in [5.41, 5.74) is 1.40. The van der Waals surface area contributed by atoms with Crippen molar-refractivity contribution in [3.63, 3.8) is 0 Å². The van der Waals surface area contributed by atoms with Crippen molar-refractivity contribution in [2.24, 2.45) is 11.8 Å². The number of likely N-dealkylation sites (tertiary alicyclic amines) is 4. The molecule has 0 spiro atoms. The van der Waals surface area contributed by atoms with Gasteiger partial charge in [-0.3, -0.25) is 4.90 Å². The highest BCUT2D eigenvalue weighted by Crippen LogP contribution is 2.37. The monoisotopic (exact) mass is 953 g/mol. The highest BCUT2D eigenvalue weighted by molar-refractivity contribution is 4.85. The second kappa shape index (κ2) is 29.9. The van der Waals surface area contributed by atoms with Crippen LogP contribution in [0.25, 0.3) is 0 Å². The molecule has 0 bridgehead atoms. The minimum atomic E-state index is -0.415. The Bertz CT molecular complexity index is 1150. The van der Waals surface area contributed by atoms with Crippen LogP contribution in [0.3, 0.4) is 0 Å². The highest BCUT2D eigenvalue weighted by Gasteiger charge is 2.55. The van der Waals surface area contributed by atoms with E-state index >= 15 is 0 Å². The van der Waals surface area contributed by atoms with Gasteiger partial charge in [0.15, 0.2) is 5.60 Å². The Morgan fingerprint density at radius 2 is 0.803 bits per heavy atom. The van der Waals surface area contributed by atoms with Crippen LogP contribution >= 0.6 is 0 Å². The van der Waals surface area contributed by atoms with E-state index in [2.05, 4.69) is 165 Å². The van der Waals surface area contributed by atoms with E-state index in [9.17, 15) is 10.2 Å². The lowest BCUT2D eigenvalue weighted by Crippen LogP contribution is -2.76. The minimum Gasteiger partial charge on any atom is -0.390 e. The third-order valence-electron chi connectivity index (χ3n) is 17.2. The van der Waals surface area contributed by atoms with Gasteiger partial charge in [0.05, 0.1) is 121 Å². The largest absolute Gasteiger partial charge is 0.390 e. The molecular formula is C58H140N6O2. The highest BCUT2D eigenvalue weighted by atomic mass is 16.3. The van der Waals surface area contributed by atoms with Gasteiger partial charge in [0.25, 0.3) is 0 Å². The lowest BCUT2D eigenvalue weighted by Gasteiger charge is -2.58. The first-order chi connectivity index (χ1) is 25.1. The normalized spacial score (nSPS) is 32.2. The number of hydrogen-bond donors (Lipinski definition) is 2. The molecule has 5 aliphatic heterocycles. The zero-order valence-electron chi connectivity index (χ0n) is 48.6. The van der Waals surface area contributed by atoms with Crippen LogP contribution in [0.15, 0.2) is 0 Å². The van der Waals surface area contributed by atoms with Gasteiger partial charge in [0, 0.05) is 25.9 Å². The molecule has 5 aliphatic rings. The minimum absolute atomic E-state index is 0. The number of rotatable bonds is 1. The fourth-order valence-electron chi connectivity index (χ4n) is 9.69. The van der Waals surface area contributed by atoms with Crippen LogP contribution in [0.5, 0.6) is 0 Å². The smallest absolute Gasteiger partial charge is 0.159 e. The summed E-state index contributed by atoms with van der Waals surface area (Å²) in [7, 11) is 13.8. The molecule has 0 saturated carbocycles. The van der Waals surface area contributed by atoms with Crippen LogP contribution in [0.4, 0.5) is 0 Å². The summed E-state index contributed by atoms with van der Waals surface area (Å²) in [6.45, 7) is 55.1. The van der Waals surface area contributed by atoms with Gasteiger partial charge >= 0.3 is 0 Å². The molecule has 5 heterocycles. The van der Waals surface area contributed by atoms with Gasteiger partial charge in [0.2, 0.25) is 0 Å². The number of quaternary nitrogens is 5. The molecule has 414 valence electrons. The van der Waals surface area contributed by atoms with Crippen molar-refractivity contribution in [1.29, 1.82) is 0 Å². The Hall–Kier alpha value is -0.320. The summed E-state index contributed by atoms with van der Waals surface area (Å²) in [6, 6.07) is 0.463. The fraction of sp³-hybridized carbons (Fsp3) is 0.914. The quantitative estimate of drug-likeness (QED) is 0.203. The summed E-state index contributed by atoms with van der Waals surface area (Å²) >= 11 is 0. The molecule has 0 amide bonds. The van der Waals surface area contributed by atoms with E-state index in [-0.39, 0.29) is 77.9 Å². The van der Waals surface area contributed by atoms with Gasteiger partial charge in [-0.15, -0.1) is 0 Å². The lowest BCUT2D eigenvalue weighted by molar-refractivity contribution is -1.00. The molecule has 0 aromatic heterocycles. The van der Waals surface area contributed by atoms with Crippen molar-refractivity contribution in [2.75, 3.05) is 121 Å². The van der Waals surface area contributed by atoms with Crippen molar-refractivity contribution < 1.29 is 32.6 Å². The molecule has 0 aromatic carbocycles. The average molecular weight is 954 g/mol. The molecule has 2 atom stereocenters. The first-order valence-electron chi connectivity index (χ1n) is 23.4. The lowest BCUT2D eigenvalue weighted by atomic mass is 9.86. The van der Waals surface area contributed by atoms with E-state index in [1.54, 1.807) is 0 Å². The third kappa shape index (κ3) is 22.4. The zero-order chi connectivity index (χ0) is 45.1. The van der Waals surface area contributed by atoms with Gasteiger partial charge in [-0.1, -0.05) is 43.6 Å². The molecule has 0 aliphatic carbocycles. The second-order valence-electron chi connectivity index (χ2n) is 26.6. The molecule has 5 fully saturated rings. The van der Waals surface area contributed by atoms with Crippen molar-refractivity contribution in [3.05, 3.63) is 37.1 Å². The summed E-state index contributed by atoms with van der Waals surface area (Å²) in [5, 5.41) is 18.8. The Balaban J connectivity index is -0.0000000851. The van der Waals surface area contributed by atoms with E-state index in [1.165, 1.54) is 98.0 Å². The molecule has 5 rings (SSSR count). The summed E-state index contributed by atoms with van der Waals surface area (Å²) in [5.74, 6) is 1.91. The zero-order valence-corrected chi connectivity index (χ0v) is 48.6. The van der Waals surface area contributed by atoms with Crippen LogP contribution < -0.4 is 0 Å². The van der Waals surface area contributed by atoms with Gasteiger partial charge in [-0.05, 0) is 137 Å². The number of hydrogen-bond acceptors (Lipinski definition) is 3. The maximum atomic E-state index is 9.60. The molecule has 2 unspecified atom stereocenters. The fourth-order valence-corrected chi connectivity index (χ4v) is 9.69. The first kappa shape index (κ1) is 85.5. The molecule has 0 aromatic rings. The standard InChI is InChI=1S/C11H24N.C10H23N2.C10H22NO.C9H20NO.C9H20N.4CH4.5CH3/c1-10-6-8-12(5,9-7-10)11(2,3)4;1-10(2,3)12(5)8-6-11(4)7-9-12;1-10(2,3)11(4)7-5-6-9(11)8-12;1-8(2,3)10(5)6-9(4,11)7-10;1-8-6-10(5,7-8)9(2,3)4;;;;;;;;;/h10H,6-9H2,1-5H3;6-9H2,1-5H3;9,12H,5-8H2,1-4H3;11H,6-7H2,1-5H3;8H,6-7H2,1-5H3;4*1H4;5*1H3/q5*+1;;;;;5*-1. The number of piperazine rings is 1. The van der Waals surface area contributed by atoms with E-state index in [1.807, 2.05) is 6.92 Å². The van der Waals surface area contributed by atoms with Gasteiger partial charge in [-0.2, -0.15) is 0 Å². The second-order valence-corrected chi connectivity index (χ2v) is 26.6. The van der Waals surface area contributed by atoms with E-state index in [0.29, 0.717) is 29.3 Å². The number of nitrogens with zero attached hydrogens (tertiary/aromatic N) is 6. The number of aliphatic hydroxyl groups excluding tert-OH is 1. The Morgan fingerprint density at radius 3 is 1.02 bits per heavy atom. The Kier molecular flexibility index (Phi) is 38.7. The average Bonchev–Trinajstić information content (AvgIpc) is 3.40. The number of likely N-dealkylation sites (N-methyl/N-ethyl adjacent to an activating group) is 4. The molecule has 66 heavy (non-hydrogen) atoms. The maximum Gasteiger partial charge on any atom is 0.159 e. The predicted octanol–water partition coefficient (Wildman–Crippen LogP) is 12.9. The van der Waals surface area contributed by atoms with E-state index in [4.69, 9.17) is 0 Å². The Morgan fingerprint density at radius 1 is 0.485 bits per heavy atom. The van der Waals surface area contributed by atoms with Crippen LogP contribution in [0, 0.1) is 49.0 Å². The van der Waals surface area contributed by atoms with E-state index < -0.39 is 5.60 Å². The van der Waals surface area contributed by atoms with Gasteiger partial charge in [-0.25, -0.2) is 0 Å². The SMILES string of the molecule is C.C.C.C.CC(C)(C)[N+]1(C)CCCC1CO.CC1(O)C[N+](C)(C(C)(C)C)C1.CC1CC[N+](C)(C(C)(C)C)CC1.CC1C[N+](C)(C(C)(C)C)C1.CN1CC[N+](C)(C(C)(C)C)CC1.[CH3-].[CH3-].[CH3-].[CH3-].[CH3-]. The number of aliphatic hydroxyl groups is 2. The maximum absolute atomic E-state index is 9.60. The van der Waals surface area contributed by atoms with Crippen molar-refractivity contribution >= 4 is 0 Å². The summed E-state index contributed by atoms with van der Waals surface area (Å²) < 4.78 is 5.76. The van der Waals surface area contributed by atoms with Crippen LogP contribution in [0.1, 0.15) is 180 Å². The first-order valence-corrected chi connectivity index (χ1v) is 23.4. The van der Waals surface area contributed by atoms with Gasteiger partial charge < -0.3 is 69.8 Å². The molecular weight excluding hydrogens is 813 g/mol. The third-order valence-corrected chi connectivity index (χ3v) is 17.2. The summed E-state index contributed by atoms with van der Waals surface area (Å²) in [6.07, 6.45) is 5.27. The molecule has 0 radical (unpaired) electrons.